The standard InChI is InChI=1S/C17H19FN4O.2ClH/c18-14-4-2-1-3-12(14)16-20-15-11-19-6-5-13(15)17(21-16)22-7-9-23-10-8-22;;/h1-4,19H,5-11H2;2*1H. The molecule has 25 heavy (non-hydrogen) atoms. The summed E-state index contributed by atoms with van der Waals surface area (Å²) in [4.78, 5) is 11.6. The van der Waals surface area contributed by atoms with Gasteiger partial charge in [-0.3, -0.25) is 0 Å². The molecule has 8 heteroatoms. The molecule has 2 aliphatic heterocycles. The number of ether oxygens (including phenoxy) is 1. The fourth-order valence-electron chi connectivity index (χ4n) is 3.14. The summed E-state index contributed by atoms with van der Waals surface area (Å²) in [6, 6.07) is 6.68. The molecule has 0 amide bonds. The van der Waals surface area contributed by atoms with Crippen LogP contribution in [-0.2, 0) is 17.7 Å². The van der Waals surface area contributed by atoms with Gasteiger partial charge in [-0.15, -0.1) is 24.8 Å². The second kappa shape index (κ2) is 8.76. The Morgan fingerprint density at radius 3 is 2.60 bits per heavy atom. The summed E-state index contributed by atoms with van der Waals surface area (Å²) in [5, 5.41) is 3.34. The van der Waals surface area contributed by atoms with Gasteiger partial charge in [0.25, 0.3) is 0 Å². The van der Waals surface area contributed by atoms with E-state index in [0.29, 0.717) is 31.1 Å². The number of benzene rings is 1. The van der Waals surface area contributed by atoms with Crippen molar-refractivity contribution in [1.82, 2.24) is 15.3 Å². The van der Waals surface area contributed by atoms with Crippen LogP contribution in [0, 0.1) is 5.82 Å². The second-order valence-electron chi connectivity index (χ2n) is 5.80. The lowest BCUT2D eigenvalue weighted by atomic mass is 10.1. The number of nitrogens with zero attached hydrogens (tertiary/aromatic N) is 3. The monoisotopic (exact) mass is 386 g/mol. The minimum atomic E-state index is -0.288. The molecular formula is C17H21Cl2FN4O. The molecule has 136 valence electrons. The van der Waals surface area contributed by atoms with Gasteiger partial charge in [0.2, 0.25) is 0 Å². The van der Waals surface area contributed by atoms with Gasteiger partial charge in [-0.25, -0.2) is 14.4 Å². The Morgan fingerprint density at radius 1 is 1.08 bits per heavy atom. The first-order valence-electron chi connectivity index (χ1n) is 8.01. The first-order valence-corrected chi connectivity index (χ1v) is 8.01. The van der Waals surface area contributed by atoms with Crippen LogP contribution in [-0.4, -0.2) is 42.8 Å². The van der Waals surface area contributed by atoms with Crippen molar-refractivity contribution in [1.29, 1.82) is 0 Å². The molecule has 1 N–H and O–H groups in total. The average molecular weight is 387 g/mol. The van der Waals surface area contributed by atoms with E-state index in [1.54, 1.807) is 12.1 Å². The maximum absolute atomic E-state index is 14.2. The van der Waals surface area contributed by atoms with Crippen molar-refractivity contribution in [2.24, 2.45) is 0 Å². The van der Waals surface area contributed by atoms with Gasteiger partial charge in [0.15, 0.2) is 5.82 Å². The Bertz CT molecular complexity index is 726. The molecule has 1 aromatic heterocycles. The number of rotatable bonds is 2. The van der Waals surface area contributed by atoms with Crippen molar-refractivity contribution in [3.8, 4) is 11.4 Å². The summed E-state index contributed by atoms with van der Waals surface area (Å²) in [5.41, 5.74) is 2.62. The smallest absolute Gasteiger partial charge is 0.164 e. The van der Waals surface area contributed by atoms with Crippen LogP contribution in [0.25, 0.3) is 11.4 Å². The van der Waals surface area contributed by atoms with Gasteiger partial charge in [-0.05, 0) is 25.1 Å². The van der Waals surface area contributed by atoms with E-state index in [2.05, 4.69) is 15.2 Å². The van der Waals surface area contributed by atoms with E-state index >= 15 is 0 Å². The van der Waals surface area contributed by atoms with Crippen molar-refractivity contribution in [2.45, 2.75) is 13.0 Å². The maximum Gasteiger partial charge on any atom is 0.164 e. The first kappa shape index (κ1) is 19.8. The Hall–Kier alpha value is -1.47. The number of hydrogen-bond acceptors (Lipinski definition) is 5. The van der Waals surface area contributed by atoms with Gasteiger partial charge >= 0.3 is 0 Å². The van der Waals surface area contributed by atoms with Gasteiger partial charge in [-0.1, -0.05) is 12.1 Å². The topological polar surface area (TPSA) is 50.3 Å². The minimum absolute atomic E-state index is 0. The quantitative estimate of drug-likeness (QED) is 0.859. The summed E-state index contributed by atoms with van der Waals surface area (Å²) in [6.45, 7) is 4.66. The highest BCUT2D eigenvalue weighted by molar-refractivity contribution is 5.85. The normalized spacial score (nSPS) is 16.4. The molecule has 5 nitrogen and oxygen atoms in total. The van der Waals surface area contributed by atoms with Crippen molar-refractivity contribution in [3.05, 3.63) is 41.3 Å². The lowest BCUT2D eigenvalue weighted by Crippen LogP contribution is -2.39. The summed E-state index contributed by atoms with van der Waals surface area (Å²) in [7, 11) is 0. The lowest BCUT2D eigenvalue weighted by Gasteiger charge is -2.31. The predicted octanol–water partition coefficient (Wildman–Crippen LogP) is 2.61. The van der Waals surface area contributed by atoms with Crippen LogP contribution < -0.4 is 10.2 Å². The summed E-state index contributed by atoms with van der Waals surface area (Å²) < 4.78 is 19.6. The van der Waals surface area contributed by atoms with Crippen LogP contribution >= 0.6 is 24.8 Å². The highest BCUT2D eigenvalue weighted by Crippen LogP contribution is 2.29. The first-order chi connectivity index (χ1) is 11.3. The highest BCUT2D eigenvalue weighted by Gasteiger charge is 2.24. The van der Waals surface area contributed by atoms with Crippen molar-refractivity contribution in [3.63, 3.8) is 0 Å². The molecule has 0 spiro atoms. The number of halogens is 3. The number of anilines is 1. The molecule has 1 aromatic carbocycles. The SMILES string of the molecule is Cl.Cl.Fc1ccccc1-c1nc2c(c(N3CCOCC3)n1)CCNC2. The Labute approximate surface area is 158 Å². The van der Waals surface area contributed by atoms with E-state index in [1.165, 1.54) is 11.6 Å². The molecule has 4 rings (SSSR count). The van der Waals surface area contributed by atoms with Crippen LogP contribution in [0.15, 0.2) is 24.3 Å². The molecule has 0 atom stereocenters. The fraction of sp³-hybridized carbons (Fsp3) is 0.412. The molecule has 0 unspecified atom stereocenters. The Kier molecular flexibility index (Phi) is 6.95. The second-order valence-corrected chi connectivity index (χ2v) is 5.80. The fourth-order valence-corrected chi connectivity index (χ4v) is 3.14. The largest absolute Gasteiger partial charge is 0.378 e. The number of fused-ring (bicyclic) bond motifs is 1. The number of nitrogens with one attached hydrogen (secondary N) is 1. The molecule has 2 aromatic rings. The Morgan fingerprint density at radius 2 is 1.84 bits per heavy atom. The number of aromatic nitrogens is 2. The van der Waals surface area contributed by atoms with Crippen molar-refractivity contribution < 1.29 is 9.13 Å². The van der Waals surface area contributed by atoms with Crippen LogP contribution in [0.4, 0.5) is 10.2 Å². The van der Waals surface area contributed by atoms with Crippen LogP contribution in [0.5, 0.6) is 0 Å². The maximum atomic E-state index is 14.2. The molecule has 1 saturated heterocycles. The van der Waals surface area contributed by atoms with Crippen LogP contribution in [0.3, 0.4) is 0 Å². The van der Waals surface area contributed by atoms with Gasteiger partial charge in [-0.2, -0.15) is 0 Å². The van der Waals surface area contributed by atoms with Crippen LogP contribution in [0.2, 0.25) is 0 Å². The van der Waals surface area contributed by atoms with Crippen molar-refractivity contribution >= 4 is 30.6 Å². The molecule has 0 radical (unpaired) electrons. The van der Waals surface area contributed by atoms with E-state index in [1.807, 2.05) is 6.07 Å². The zero-order chi connectivity index (χ0) is 15.6. The highest BCUT2D eigenvalue weighted by atomic mass is 35.5. The van der Waals surface area contributed by atoms with Crippen molar-refractivity contribution in [2.75, 3.05) is 37.7 Å². The van der Waals surface area contributed by atoms with E-state index in [0.717, 1.165) is 37.6 Å². The molecule has 2 aliphatic rings. The number of morpholine rings is 1. The molecule has 1 fully saturated rings. The van der Waals surface area contributed by atoms with Gasteiger partial charge in [0.1, 0.15) is 11.6 Å². The number of hydrogen-bond donors (Lipinski definition) is 1. The van der Waals surface area contributed by atoms with Gasteiger partial charge < -0.3 is 15.0 Å². The van der Waals surface area contributed by atoms with E-state index in [9.17, 15) is 4.39 Å². The third-order valence-electron chi connectivity index (χ3n) is 4.34. The molecular weight excluding hydrogens is 366 g/mol. The molecule has 0 aliphatic carbocycles. The third-order valence-corrected chi connectivity index (χ3v) is 4.34. The van der Waals surface area contributed by atoms with E-state index in [4.69, 9.17) is 9.72 Å². The summed E-state index contributed by atoms with van der Waals surface area (Å²) >= 11 is 0. The zero-order valence-corrected chi connectivity index (χ0v) is 15.3. The minimum Gasteiger partial charge on any atom is -0.378 e. The van der Waals surface area contributed by atoms with Gasteiger partial charge in [0, 0.05) is 25.2 Å². The third kappa shape index (κ3) is 4.03. The molecule has 3 heterocycles. The lowest BCUT2D eigenvalue weighted by molar-refractivity contribution is 0.122. The van der Waals surface area contributed by atoms with E-state index < -0.39 is 0 Å². The Balaban J connectivity index is 0.00000113. The molecule has 0 saturated carbocycles. The molecule has 0 bridgehead atoms. The summed E-state index contributed by atoms with van der Waals surface area (Å²) in [5.74, 6) is 1.12. The zero-order valence-electron chi connectivity index (χ0n) is 13.7. The van der Waals surface area contributed by atoms with Gasteiger partial charge in [0.05, 0.1) is 24.5 Å². The average Bonchev–Trinajstić information content (AvgIpc) is 2.62. The van der Waals surface area contributed by atoms with E-state index in [-0.39, 0.29) is 30.6 Å². The van der Waals surface area contributed by atoms with Crippen LogP contribution in [0.1, 0.15) is 11.3 Å². The predicted molar refractivity (Wildman–Crippen MR) is 100 cm³/mol. The summed E-state index contributed by atoms with van der Waals surface area (Å²) in [6.07, 6.45) is 0.902.